The minimum atomic E-state index is -0.382. The Morgan fingerprint density at radius 2 is 1.95 bits per heavy atom. The van der Waals surface area contributed by atoms with Crippen LogP contribution in [-0.4, -0.2) is 35.8 Å². The van der Waals surface area contributed by atoms with Crippen molar-refractivity contribution in [2.24, 2.45) is 17.3 Å². The molecule has 108 valence electrons. The van der Waals surface area contributed by atoms with Crippen molar-refractivity contribution in [2.75, 3.05) is 13.1 Å². The van der Waals surface area contributed by atoms with E-state index < -0.39 is 0 Å². The van der Waals surface area contributed by atoms with Crippen LogP contribution in [0.3, 0.4) is 0 Å². The van der Waals surface area contributed by atoms with Crippen molar-refractivity contribution in [3.8, 4) is 0 Å². The number of piperazine rings is 1. The fourth-order valence-electron chi connectivity index (χ4n) is 3.25. The summed E-state index contributed by atoms with van der Waals surface area (Å²) in [6, 6.07) is -0.382. The molecule has 4 nitrogen and oxygen atoms in total. The molecule has 1 saturated carbocycles. The summed E-state index contributed by atoms with van der Waals surface area (Å²) >= 11 is 0. The van der Waals surface area contributed by atoms with Crippen LogP contribution in [0.15, 0.2) is 0 Å². The lowest BCUT2D eigenvalue weighted by Crippen LogP contribution is -2.62. The highest BCUT2D eigenvalue weighted by Gasteiger charge is 2.40. The van der Waals surface area contributed by atoms with Gasteiger partial charge in [-0.25, -0.2) is 0 Å². The summed E-state index contributed by atoms with van der Waals surface area (Å²) < 4.78 is 0. The van der Waals surface area contributed by atoms with E-state index in [0.29, 0.717) is 5.92 Å². The summed E-state index contributed by atoms with van der Waals surface area (Å²) in [5, 5.41) is 2.84. The minimum Gasteiger partial charge on any atom is -0.342 e. The van der Waals surface area contributed by atoms with Crippen LogP contribution >= 0.6 is 0 Å². The van der Waals surface area contributed by atoms with Crippen molar-refractivity contribution in [3.63, 3.8) is 0 Å². The van der Waals surface area contributed by atoms with E-state index in [1.54, 1.807) is 4.90 Å². The van der Waals surface area contributed by atoms with Crippen LogP contribution in [0.5, 0.6) is 0 Å². The van der Waals surface area contributed by atoms with Crippen molar-refractivity contribution in [2.45, 2.75) is 53.0 Å². The zero-order valence-electron chi connectivity index (χ0n) is 12.5. The predicted octanol–water partition coefficient (Wildman–Crippen LogP) is 1.80. The maximum atomic E-state index is 12.5. The highest BCUT2D eigenvalue weighted by atomic mass is 16.2. The van der Waals surface area contributed by atoms with Crippen LogP contribution in [0.25, 0.3) is 0 Å². The topological polar surface area (TPSA) is 49.4 Å². The van der Waals surface area contributed by atoms with E-state index in [9.17, 15) is 9.59 Å². The maximum absolute atomic E-state index is 12.5. The molecule has 2 aliphatic rings. The number of nitrogens with zero attached hydrogens (tertiary/aromatic N) is 1. The molecule has 2 rings (SSSR count). The number of hydrogen-bond donors (Lipinski definition) is 1. The quantitative estimate of drug-likeness (QED) is 0.828. The Morgan fingerprint density at radius 3 is 2.47 bits per heavy atom. The second kappa shape index (κ2) is 5.14. The average molecular weight is 266 g/mol. The smallest absolute Gasteiger partial charge is 0.246 e. The number of carbonyl (C=O) groups is 2. The molecule has 1 aliphatic heterocycles. The molecule has 2 fully saturated rings. The average Bonchev–Trinajstić information content (AvgIpc) is 2.67. The lowest BCUT2D eigenvalue weighted by Gasteiger charge is -2.39. The number of rotatable bonds is 2. The SMILES string of the molecule is CC1CCC(CN2CC(=O)NC(C(C)(C)C)C2=O)C1. The van der Waals surface area contributed by atoms with Gasteiger partial charge >= 0.3 is 0 Å². The molecular weight excluding hydrogens is 240 g/mol. The normalized spacial score (nSPS) is 32.6. The molecule has 0 radical (unpaired) electrons. The fraction of sp³-hybridized carbons (Fsp3) is 0.867. The largest absolute Gasteiger partial charge is 0.342 e. The first kappa shape index (κ1) is 14.4. The first-order valence-electron chi connectivity index (χ1n) is 7.35. The zero-order valence-corrected chi connectivity index (χ0v) is 12.5. The molecule has 2 amide bonds. The van der Waals surface area contributed by atoms with Gasteiger partial charge in [0.1, 0.15) is 6.04 Å². The van der Waals surface area contributed by atoms with E-state index in [-0.39, 0.29) is 29.8 Å². The lowest BCUT2D eigenvalue weighted by molar-refractivity contribution is -0.147. The summed E-state index contributed by atoms with van der Waals surface area (Å²) in [4.78, 5) is 26.1. The van der Waals surface area contributed by atoms with E-state index in [1.165, 1.54) is 19.3 Å². The van der Waals surface area contributed by atoms with E-state index in [1.807, 2.05) is 20.8 Å². The Hall–Kier alpha value is -1.06. The Balaban J connectivity index is 2.03. The third-order valence-corrected chi connectivity index (χ3v) is 4.35. The van der Waals surface area contributed by atoms with E-state index in [4.69, 9.17) is 0 Å². The molecule has 0 spiro atoms. The van der Waals surface area contributed by atoms with Crippen molar-refractivity contribution in [1.82, 2.24) is 10.2 Å². The molecule has 0 aromatic rings. The van der Waals surface area contributed by atoms with Crippen molar-refractivity contribution in [1.29, 1.82) is 0 Å². The second-order valence-corrected chi connectivity index (χ2v) is 7.37. The first-order valence-corrected chi connectivity index (χ1v) is 7.35. The second-order valence-electron chi connectivity index (χ2n) is 7.37. The first-order chi connectivity index (χ1) is 8.77. The highest BCUT2D eigenvalue weighted by molar-refractivity contribution is 5.95. The monoisotopic (exact) mass is 266 g/mol. The van der Waals surface area contributed by atoms with Crippen LogP contribution in [-0.2, 0) is 9.59 Å². The third kappa shape index (κ3) is 3.28. The van der Waals surface area contributed by atoms with Gasteiger partial charge in [0, 0.05) is 6.54 Å². The molecule has 1 heterocycles. The Bertz CT molecular complexity index is 373. The molecule has 19 heavy (non-hydrogen) atoms. The molecule has 1 N–H and O–H groups in total. The molecule has 4 heteroatoms. The lowest BCUT2D eigenvalue weighted by atomic mass is 9.84. The number of nitrogens with one attached hydrogen (secondary N) is 1. The minimum absolute atomic E-state index is 0.0226. The van der Waals surface area contributed by atoms with Gasteiger partial charge in [0.2, 0.25) is 11.8 Å². The van der Waals surface area contributed by atoms with Gasteiger partial charge in [-0.05, 0) is 30.1 Å². The molecule has 3 unspecified atom stereocenters. The molecule has 3 atom stereocenters. The fourth-order valence-corrected chi connectivity index (χ4v) is 3.25. The standard InChI is InChI=1S/C15H26N2O2/c1-10-5-6-11(7-10)8-17-9-12(18)16-13(14(17)19)15(2,3)4/h10-11,13H,5-9H2,1-4H3,(H,16,18). The van der Waals surface area contributed by atoms with Crippen LogP contribution in [0.1, 0.15) is 47.0 Å². The van der Waals surface area contributed by atoms with Gasteiger partial charge in [-0.15, -0.1) is 0 Å². The Morgan fingerprint density at radius 1 is 1.26 bits per heavy atom. The molecule has 0 aromatic heterocycles. The number of carbonyl (C=O) groups excluding carboxylic acids is 2. The van der Waals surface area contributed by atoms with Gasteiger partial charge in [0.25, 0.3) is 0 Å². The zero-order chi connectivity index (χ0) is 14.2. The third-order valence-electron chi connectivity index (χ3n) is 4.35. The number of hydrogen-bond acceptors (Lipinski definition) is 2. The van der Waals surface area contributed by atoms with Crippen molar-refractivity contribution >= 4 is 11.8 Å². The molecule has 1 aliphatic carbocycles. The van der Waals surface area contributed by atoms with E-state index >= 15 is 0 Å². The van der Waals surface area contributed by atoms with Gasteiger partial charge in [-0.3, -0.25) is 9.59 Å². The van der Waals surface area contributed by atoms with Crippen molar-refractivity contribution in [3.05, 3.63) is 0 Å². The van der Waals surface area contributed by atoms with Gasteiger partial charge < -0.3 is 10.2 Å². The highest BCUT2D eigenvalue weighted by Crippen LogP contribution is 2.32. The number of amides is 2. The van der Waals surface area contributed by atoms with Crippen LogP contribution in [0.4, 0.5) is 0 Å². The maximum Gasteiger partial charge on any atom is 0.246 e. The summed E-state index contributed by atoms with van der Waals surface area (Å²) in [5.41, 5.74) is -0.228. The molecule has 0 bridgehead atoms. The summed E-state index contributed by atoms with van der Waals surface area (Å²) in [6.07, 6.45) is 3.62. The summed E-state index contributed by atoms with van der Waals surface area (Å²) in [5.74, 6) is 1.40. The summed E-state index contributed by atoms with van der Waals surface area (Å²) in [6.45, 7) is 9.24. The van der Waals surface area contributed by atoms with E-state index in [2.05, 4.69) is 12.2 Å². The van der Waals surface area contributed by atoms with Crippen LogP contribution < -0.4 is 5.32 Å². The van der Waals surface area contributed by atoms with Crippen molar-refractivity contribution < 1.29 is 9.59 Å². The van der Waals surface area contributed by atoms with Crippen LogP contribution in [0.2, 0.25) is 0 Å². The summed E-state index contributed by atoms with van der Waals surface area (Å²) in [7, 11) is 0. The van der Waals surface area contributed by atoms with E-state index in [0.717, 1.165) is 12.5 Å². The molecule has 1 saturated heterocycles. The molecule has 0 aromatic carbocycles. The van der Waals surface area contributed by atoms with Gasteiger partial charge in [-0.2, -0.15) is 0 Å². The van der Waals surface area contributed by atoms with Gasteiger partial charge in [0.05, 0.1) is 6.54 Å². The molecular formula is C15H26N2O2. The Kier molecular flexibility index (Phi) is 3.88. The van der Waals surface area contributed by atoms with Gasteiger partial charge in [-0.1, -0.05) is 34.1 Å². The predicted molar refractivity (Wildman–Crippen MR) is 74.5 cm³/mol. The van der Waals surface area contributed by atoms with Crippen LogP contribution in [0, 0.1) is 17.3 Å². The Labute approximate surface area is 115 Å². The van der Waals surface area contributed by atoms with Gasteiger partial charge in [0.15, 0.2) is 0 Å².